The number of carbonyl (C=O) groups excluding carboxylic acids is 1. The fraction of sp³-hybridized carbons (Fsp3) is 0.450. The maximum Gasteiger partial charge on any atom is 0.222 e. The summed E-state index contributed by atoms with van der Waals surface area (Å²) >= 11 is 1.67. The van der Waals surface area contributed by atoms with Crippen LogP contribution >= 0.6 is 11.3 Å². The highest BCUT2D eigenvalue weighted by Gasteiger charge is 2.22. The van der Waals surface area contributed by atoms with Gasteiger partial charge in [-0.15, -0.1) is 11.3 Å². The molecule has 8 heteroatoms. The van der Waals surface area contributed by atoms with E-state index >= 15 is 0 Å². The van der Waals surface area contributed by atoms with Gasteiger partial charge in [-0.25, -0.2) is 9.98 Å². The van der Waals surface area contributed by atoms with E-state index in [9.17, 15) is 4.79 Å². The fourth-order valence-corrected chi connectivity index (χ4v) is 4.40. The van der Waals surface area contributed by atoms with E-state index in [1.54, 1.807) is 11.3 Å². The summed E-state index contributed by atoms with van der Waals surface area (Å²) in [5, 5.41) is 3.07. The molecule has 0 saturated carbocycles. The molecule has 7 nitrogen and oxygen atoms in total. The van der Waals surface area contributed by atoms with Crippen molar-refractivity contribution in [3.8, 4) is 0 Å². The molecule has 28 heavy (non-hydrogen) atoms. The molecule has 0 radical (unpaired) electrons. The van der Waals surface area contributed by atoms with E-state index in [4.69, 9.17) is 5.73 Å². The standard InChI is InChI=1S/C20H26N6OS/c21-19(24-9-11-25(12-10-24)20-22-7-13-28-20)23-14-16-4-1-2-5-17(16)15-26-8-3-6-18(26)27/h1-2,4-5,7,13H,3,6,8-12,14-15H2,(H2,21,23). The zero-order valence-corrected chi connectivity index (χ0v) is 16.8. The summed E-state index contributed by atoms with van der Waals surface area (Å²) in [6.45, 7) is 5.54. The topological polar surface area (TPSA) is 78.1 Å². The van der Waals surface area contributed by atoms with E-state index in [1.807, 2.05) is 28.6 Å². The number of nitrogens with zero attached hydrogens (tertiary/aromatic N) is 5. The molecule has 2 N–H and O–H groups in total. The lowest BCUT2D eigenvalue weighted by Crippen LogP contribution is -2.51. The Bertz CT molecular complexity index is 829. The van der Waals surface area contributed by atoms with Crippen LogP contribution in [0.5, 0.6) is 0 Å². The summed E-state index contributed by atoms with van der Waals surface area (Å²) in [7, 11) is 0. The van der Waals surface area contributed by atoms with Crippen LogP contribution in [0.4, 0.5) is 5.13 Å². The molecule has 2 fully saturated rings. The molecule has 2 aromatic rings. The van der Waals surface area contributed by atoms with E-state index < -0.39 is 0 Å². The normalized spacial score (nSPS) is 18.2. The lowest BCUT2D eigenvalue weighted by molar-refractivity contribution is -0.128. The fourth-order valence-electron chi connectivity index (χ4n) is 3.71. The van der Waals surface area contributed by atoms with E-state index in [0.717, 1.165) is 55.4 Å². The molecule has 0 bridgehead atoms. The zero-order chi connectivity index (χ0) is 19.3. The summed E-state index contributed by atoms with van der Waals surface area (Å²) in [6, 6.07) is 8.19. The summed E-state index contributed by atoms with van der Waals surface area (Å²) in [4.78, 5) is 27.3. The van der Waals surface area contributed by atoms with Crippen LogP contribution in [0, 0.1) is 0 Å². The third-order valence-electron chi connectivity index (χ3n) is 5.36. The van der Waals surface area contributed by atoms with Crippen LogP contribution < -0.4 is 10.6 Å². The summed E-state index contributed by atoms with van der Waals surface area (Å²) < 4.78 is 0. The summed E-state index contributed by atoms with van der Waals surface area (Å²) in [5.74, 6) is 0.835. The minimum atomic E-state index is 0.246. The minimum Gasteiger partial charge on any atom is -0.370 e. The lowest BCUT2D eigenvalue weighted by atomic mass is 10.1. The van der Waals surface area contributed by atoms with E-state index in [-0.39, 0.29) is 5.91 Å². The molecule has 3 heterocycles. The quantitative estimate of drug-likeness (QED) is 0.615. The largest absolute Gasteiger partial charge is 0.370 e. The van der Waals surface area contributed by atoms with Gasteiger partial charge in [0.05, 0.1) is 6.54 Å². The maximum absolute atomic E-state index is 11.9. The molecule has 148 valence electrons. The van der Waals surface area contributed by atoms with Gasteiger partial charge in [0.1, 0.15) is 0 Å². The second-order valence-corrected chi connectivity index (χ2v) is 8.02. The third kappa shape index (κ3) is 4.27. The van der Waals surface area contributed by atoms with E-state index in [0.29, 0.717) is 25.5 Å². The number of nitrogens with two attached hydrogens (primary N) is 1. The van der Waals surface area contributed by atoms with Gasteiger partial charge in [0.25, 0.3) is 0 Å². The highest BCUT2D eigenvalue weighted by Crippen LogP contribution is 2.20. The number of aromatic nitrogens is 1. The van der Waals surface area contributed by atoms with Crippen LogP contribution in [-0.4, -0.2) is 59.4 Å². The Morgan fingerprint density at radius 1 is 1.14 bits per heavy atom. The Labute approximate surface area is 169 Å². The number of piperazine rings is 1. The Kier molecular flexibility index (Phi) is 5.76. The van der Waals surface area contributed by atoms with Gasteiger partial charge in [0, 0.05) is 57.3 Å². The van der Waals surface area contributed by atoms with Gasteiger partial charge >= 0.3 is 0 Å². The van der Waals surface area contributed by atoms with Crippen LogP contribution in [-0.2, 0) is 17.9 Å². The van der Waals surface area contributed by atoms with Crippen LogP contribution in [0.25, 0.3) is 0 Å². The summed E-state index contributed by atoms with van der Waals surface area (Å²) in [5.41, 5.74) is 8.56. The van der Waals surface area contributed by atoms with Gasteiger partial charge in [-0.1, -0.05) is 24.3 Å². The predicted octanol–water partition coefficient (Wildman–Crippen LogP) is 1.90. The number of likely N-dealkylation sites (tertiary alicyclic amines) is 1. The van der Waals surface area contributed by atoms with Gasteiger partial charge in [-0.2, -0.15) is 0 Å². The SMILES string of the molecule is NC(=NCc1ccccc1CN1CCCC1=O)N1CCN(c2nccs2)CC1. The Morgan fingerprint density at radius 3 is 2.61 bits per heavy atom. The first kappa shape index (κ1) is 18.7. The van der Waals surface area contributed by atoms with Gasteiger partial charge in [0.2, 0.25) is 5.91 Å². The van der Waals surface area contributed by atoms with Gasteiger partial charge in [-0.3, -0.25) is 4.79 Å². The van der Waals surface area contributed by atoms with Crippen molar-refractivity contribution in [1.82, 2.24) is 14.8 Å². The van der Waals surface area contributed by atoms with Crippen molar-refractivity contribution in [2.24, 2.45) is 10.7 Å². The minimum absolute atomic E-state index is 0.246. The number of anilines is 1. The second-order valence-electron chi connectivity index (χ2n) is 7.15. The first-order chi connectivity index (χ1) is 13.7. The average Bonchev–Trinajstić information content (AvgIpc) is 3.40. The highest BCUT2D eigenvalue weighted by molar-refractivity contribution is 7.13. The lowest BCUT2D eigenvalue weighted by Gasteiger charge is -2.35. The Morgan fingerprint density at radius 2 is 1.93 bits per heavy atom. The molecule has 0 aliphatic carbocycles. The predicted molar refractivity (Wildman–Crippen MR) is 112 cm³/mol. The molecule has 4 rings (SSSR count). The van der Waals surface area contributed by atoms with Crippen LogP contribution in [0.2, 0.25) is 0 Å². The molecule has 0 spiro atoms. The molecular weight excluding hydrogens is 372 g/mol. The Balaban J connectivity index is 1.36. The molecule has 1 aromatic heterocycles. The van der Waals surface area contributed by atoms with E-state index in [2.05, 4.69) is 31.9 Å². The molecule has 2 aliphatic heterocycles. The molecule has 1 aromatic carbocycles. The number of aliphatic imine (C=N–C) groups is 1. The monoisotopic (exact) mass is 398 g/mol. The van der Waals surface area contributed by atoms with Crippen molar-refractivity contribution in [2.75, 3.05) is 37.6 Å². The van der Waals surface area contributed by atoms with Gasteiger partial charge in [-0.05, 0) is 17.5 Å². The molecular formula is C20H26N6OS. The zero-order valence-electron chi connectivity index (χ0n) is 16.0. The Hall–Kier alpha value is -2.61. The number of amides is 1. The molecule has 1 amide bonds. The number of hydrogen-bond acceptors (Lipinski definition) is 5. The third-order valence-corrected chi connectivity index (χ3v) is 6.19. The van der Waals surface area contributed by atoms with Crippen molar-refractivity contribution >= 4 is 28.3 Å². The number of carbonyl (C=O) groups is 1. The van der Waals surface area contributed by atoms with Crippen LogP contribution in [0.1, 0.15) is 24.0 Å². The van der Waals surface area contributed by atoms with Crippen molar-refractivity contribution in [1.29, 1.82) is 0 Å². The molecule has 0 atom stereocenters. The number of rotatable bonds is 5. The highest BCUT2D eigenvalue weighted by atomic mass is 32.1. The maximum atomic E-state index is 11.9. The number of guanidine groups is 1. The number of benzene rings is 1. The number of hydrogen-bond donors (Lipinski definition) is 1. The molecule has 0 unspecified atom stereocenters. The van der Waals surface area contributed by atoms with E-state index in [1.165, 1.54) is 0 Å². The van der Waals surface area contributed by atoms with Crippen molar-refractivity contribution < 1.29 is 4.79 Å². The first-order valence-corrected chi connectivity index (χ1v) is 10.6. The molecule has 2 saturated heterocycles. The summed E-state index contributed by atoms with van der Waals surface area (Å²) in [6.07, 6.45) is 3.47. The smallest absolute Gasteiger partial charge is 0.222 e. The second kappa shape index (κ2) is 8.60. The van der Waals surface area contributed by atoms with Crippen LogP contribution in [0.15, 0.2) is 40.8 Å². The van der Waals surface area contributed by atoms with Gasteiger partial charge in [0.15, 0.2) is 11.1 Å². The molecule has 2 aliphatic rings. The number of thiazole rings is 1. The van der Waals surface area contributed by atoms with Gasteiger partial charge < -0.3 is 20.4 Å². The van der Waals surface area contributed by atoms with Crippen LogP contribution in [0.3, 0.4) is 0 Å². The average molecular weight is 399 g/mol. The van der Waals surface area contributed by atoms with Crippen molar-refractivity contribution in [3.05, 3.63) is 47.0 Å². The van der Waals surface area contributed by atoms with Crippen molar-refractivity contribution in [3.63, 3.8) is 0 Å². The van der Waals surface area contributed by atoms with Crippen molar-refractivity contribution in [2.45, 2.75) is 25.9 Å². The first-order valence-electron chi connectivity index (χ1n) is 9.74.